The lowest BCUT2D eigenvalue weighted by Crippen LogP contribution is -2.52. The fourth-order valence-electron chi connectivity index (χ4n) is 4.90. The second-order valence-corrected chi connectivity index (χ2v) is 10.8. The van der Waals surface area contributed by atoms with Gasteiger partial charge in [0.15, 0.2) is 0 Å². The topological polar surface area (TPSA) is 18.5 Å². The van der Waals surface area contributed by atoms with Crippen LogP contribution in [0.3, 0.4) is 0 Å². The second kappa shape index (κ2) is 7.41. The summed E-state index contributed by atoms with van der Waals surface area (Å²) < 4.78 is 13.0. The Hall–Kier alpha value is 0.137. The van der Waals surface area contributed by atoms with Crippen molar-refractivity contribution in [3.8, 4) is 0 Å². The van der Waals surface area contributed by atoms with Gasteiger partial charge in [0.25, 0.3) is 0 Å². The molecule has 0 amide bonds. The van der Waals surface area contributed by atoms with Crippen molar-refractivity contribution < 1.29 is 8.85 Å². The van der Waals surface area contributed by atoms with Gasteiger partial charge in [0.05, 0.1) is 0 Å². The monoisotopic (exact) mass is 298 g/mol. The molecule has 0 spiro atoms. The summed E-state index contributed by atoms with van der Waals surface area (Å²) in [4.78, 5) is 0. The Kier molecular flexibility index (Phi) is 6.12. The fraction of sp³-hybridized carbons (Fsp3) is 1.00. The first-order chi connectivity index (χ1) is 9.62. The molecular weight excluding hydrogens is 264 g/mol. The Bertz CT molecular complexity index is 273. The van der Waals surface area contributed by atoms with Gasteiger partial charge in [-0.05, 0) is 57.8 Å². The summed E-state index contributed by atoms with van der Waals surface area (Å²) in [6, 6.07) is 0. The zero-order valence-electron chi connectivity index (χ0n) is 14.0. The van der Waals surface area contributed by atoms with Crippen molar-refractivity contribution in [2.75, 3.05) is 13.2 Å². The SMILES string of the molecule is CCO[Si](OCC)(C1CCCC1)C1CC(C)CC(C)C1. The van der Waals surface area contributed by atoms with E-state index in [1.807, 2.05) is 0 Å². The molecule has 20 heavy (non-hydrogen) atoms. The van der Waals surface area contributed by atoms with Crippen LogP contribution in [0.5, 0.6) is 0 Å². The Labute approximate surface area is 126 Å². The van der Waals surface area contributed by atoms with Crippen LogP contribution in [0.4, 0.5) is 0 Å². The molecule has 2 fully saturated rings. The summed E-state index contributed by atoms with van der Waals surface area (Å²) >= 11 is 0. The lowest BCUT2D eigenvalue weighted by molar-refractivity contribution is 0.140. The normalized spacial score (nSPS) is 32.7. The highest BCUT2D eigenvalue weighted by Crippen LogP contribution is 2.52. The molecule has 2 unspecified atom stereocenters. The average molecular weight is 299 g/mol. The number of hydrogen-bond donors (Lipinski definition) is 0. The molecule has 2 nitrogen and oxygen atoms in total. The van der Waals surface area contributed by atoms with Crippen LogP contribution in [0.15, 0.2) is 0 Å². The highest BCUT2D eigenvalue weighted by Gasteiger charge is 2.54. The van der Waals surface area contributed by atoms with Gasteiger partial charge >= 0.3 is 8.56 Å². The lowest BCUT2D eigenvalue weighted by atomic mass is 9.83. The molecule has 2 aliphatic carbocycles. The predicted molar refractivity (Wildman–Crippen MR) is 87.2 cm³/mol. The van der Waals surface area contributed by atoms with Gasteiger partial charge in [-0.2, -0.15) is 0 Å². The van der Waals surface area contributed by atoms with Crippen LogP contribution in [-0.4, -0.2) is 21.8 Å². The third-order valence-electron chi connectivity index (χ3n) is 5.41. The van der Waals surface area contributed by atoms with Crippen LogP contribution in [0.2, 0.25) is 11.1 Å². The molecule has 0 saturated heterocycles. The molecule has 0 aromatic carbocycles. The first-order valence-corrected chi connectivity index (χ1v) is 10.9. The van der Waals surface area contributed by atoms with Crippen LogP contribution >= 0.6 is 0 Å². The van der Waals surface area contributed by atoms with E-state index in [0.717, 1.165) is 36.1 Å². The van der Waals surface area contributed by atoms with Crippen molar-refractivity contribution in [2.45, 2.75) is 83.7 Å². The van der Waals surface area contributed by atoms with E-state index in [0.29, 0.717) is 0 Å². The quantitative estimate of drug-likeness (QED) is 0.622. The van der Waals surface area contributed by atoms with Crippen LogP contribution in [0, 0.1) is 11.8 Å². The van der Waals surface area contributed by atoms with Crippen LogP contribution in [-0.2, 0) is 8.85 Å². The van der Waals surface area contributed by atoms with E-state index < -0.39 is 8.56 Å². The minimum absolute atomic E-state index is 0.726. The maximum atomic E-state index is 6.51. The van der Waals surface area contributed by atoms with Gasteiger partial charge in [0, 0.05) is 24.3 Å². The summed E-state index contributed by atoms with van der Waals surface area (Å²) in [5.74, 6) is 1.69. The molecule has 2 aliphatic rings. The number of rotatable bonds is 6. The Morgan fingerprint density at radius 2 is 1.30 bits per heavy atom. The Morgan fingerprint density at radius 3 is 1.75 bits per heavy atom. The maximum Gasteiger partial charge on any atom is 0.344 e. The molecule has 2 atom stereocenters. The molecule has 118 valence electrons. The molecule has 0 N–H and O–H groups in total. The van der Waals surface area contributed by atoms with E-state index in [-0.39, 0.29) is 0 Å². The smallest absolute Gasteiger partial charge is 0.344 e. The third kappa shape index (κ3) is 3.48. The maximum absolute atomic E-state index is 6.51. The molecule has 0 heterocycles. The summed E-state index contributed by atoms with van der Waals surface area (Å²) in [7, 11) is -2.05. The molecule has 0 aliphatic heterocycles. The van der Waals surface area contributed by atoms with Crippen LogP contribution < -0.4 is 0 Å². The van der Waals surface area contributed by atoms with Gasteiger partial charge in [-0.1, -0.05) is 26.7 Å². The molecule has 3 heteroatoms. The van der Waals surface area contributed by atoms with Crippen molar-refractivity contribution in [1.82, 2.24) is 0 Å². The van der Waals surface area contributed by atoms with Gasteiger partial charge in [-0.25, -0.2) is 0 Å². The minimum Gasteiger partial charge on any atom is -0.394 e. The van der Waals surface area contributed by atoms with Gasteiger partial charge in [0.1, 0.15) is 0 Å². The molecule has 0 aromatic heterocycles. The van der Waals surface area contributed by atoms with E-state index in [4.69, 9.17) is 8.85 Å². The van der Waals surface area contributed by atoms with Gasteiger partial charge < -0.3 is 8.85 Å². The van der Waals surface area contributed by atoms with Gasteiger partial charge in [0.2, 0.25) is 0 Å². The second-order valence-electron chi connectivity index (χ2n) is 7.18. The van der Waals surface area contributed by atoms with E-state index in [2.05, 4.69) is 27.7 Å². The van der Waals surface area contributed by atoms with Crippen molar-refractivity contribution >= 4 is 8.56 Å². The number of hydrogen-bond acceptors (Lipinski definition) is 2. The van der Waals surface area contributed by atoms with Gasteiger partial charge in [-0.15, -0.1) is 0 Å². The summed E-state index contributed by atoms with van der Waals surface area (Å²) in [6.45, 7) is 10.8. The summed E-state index contributed by atoms with van der Waals surface area (Å²) in [5.41, 5.74) is 1.48. The zero-order valence-corrected chi connectivity index (χ0v) is 15.0. The molecule has 0 radical (unpaired) electrons. The molecule has 2 saturated carbocycles. The average Bonchev–Trinajstić information content (AvgIpc) is 2.91. The largest absolute Gasteiger partial charge is 0.394 e. The van der Waals surface area contributed by atoms with Crippen molar-refractivity contribution in [1.29, 1.82) is 0 Å². The molecule has 0 aromatic rings. The predicted octanol–water partition coefficient (Wildman–Crippen LogP) is 5.27. The molecule has 0 bridgehead atoms. The standard InChI is InChI=1S/C17H34O2Si/c1-5-18-20(19-6-2,16-9-7-8-10-16)17-12-14(3)11-15(4)13-17/h14-17H,5-13H2,1-4H3. The summed E-state index contributed by atoms with van der Waals surface area (Å²) in [5, 5.41) is 0. The minimum atomic E-state index is -2.05. The summed E-state index contributed by atoms with van der Waals surface area (Å²) in [6.07, 6.45) is 9.55. The zero-order chi connectivity index (χ0) is 14.6. The van der Waals surface area contributed by atoms with E-state index in [1.165, 1.54) is 44.9 Å². The first-order valence-electron chi connectivity index (χ1n) is 8.90. The fourth-order valence-corrected chi connectivity index (χ4v) is 10.2. The van der Waals surface area contributed by atoms with E-state index >= 15 is 0 Å². The highest BCUT2D eigenvalue weighted by atomic mass is 28.4. The van der Waals surface area contributed by atoms with Crippen LogP contribution in [0.25, 0.3) is 0 Å². The molecular formula is C17H34O2Si. The molecule has 2 rings (SSSR count). The Balaban J connectivity index is 2.22. The van der Waals surface area contributed by atoms with Crippen LogP contribution in [0.1, 0.15) is 72.6 Å². The van der Waals surface area contributed by atoms with Crippen molar-refractivity contribution in [3.63, 3.8) is 0 Å². The van der Waals surface area contributed by atoms with E-state index in [1.54, 1.807) is 0 Å². The van der Waals surface area contributed by atoms with Crippen molar-refractivity contribution in [3.05, 3.63) is 0 Å². The van der Waals surface area contributed by atoms with Gasteiger partial charge in [-0.3, -0.25) is 0 Å². The van der Waals surface area contributed by atoms with Crippen molar-refractivity contribution in [2.24, 2.45) is 11.8 Å². The highest BCUT2D eigenvalue weighted by molar-refractivity contribution is 6.70. The Morgan fingerprint density at radius 1 is 0.800 bits per heavy atom. The first kappa shape index (κ1) is 16.5. The van der Waals surface area contributed by atoms with E-state index in [9.17, 15) is 0 Å². The lowest BCUT2D eigenvalue weighted by Gasteiger charge is -2.45. The third-order valence-corrected chi connectivity index (χ3v) is 10.2.